The Labute approximate surface area is 111 Å². The molecule has 0 atom stereocenters. The number of nitrogens with zero attached hydrogens (tertiary/aromatic N) is 2. The quantitative estimate of drug-likeness (QED) is 0.735. The molecule has 2 rings (SSSR count). The fourth-order valence-corrected chi connectivity index (χ4v) is 2.98. The van der Waals surface area contributed by atoms with E-state index in [2.05, 4.69) is 76.6 Å². The minimum atomic E-state index is -0.00889. The van der Waals surface area contributed by atoms with E-state index in [0.29, 0.717) is 0 Å². The van der Waals surface area contributed by atoms with Gasteiger partial charge >= 0.3 is 0 Å². The lowest BCUT2D eigenvalue weighted by atomic mass is 10.0. The van der Waals surface area contributed by atoms with Gasteiger partial charge in [0.15, 0.2) is 0 Å². The molecule has 0 unspecified atom stereocenters. The van der Waals surface area contributed by atoms with Gasteiger partial charge in [0.25, 0.3) is 0 Å². The highest BCUT2D eigenvalue weighted by Gasteiger charge is 2.40. The number of anilines is 1. The lowest BCUT2D eigenvalue weighted by Gasteiger charge is -2.41. The maximum atomic E-state index is 2.47. The topological polar surface area (TPSA) is 6.48 Å². The number of hydrogen-bond donors (Lipinski definition) is 0. The average Bonchev–Trinajstić information content (AvgIpc) is 2.43. The molecule has 1 aliphatic rings. The van der Waals surface area contributed by atoms with Crippen LogP contribution in [0, 0.1) is 13.8 Å². The van der Waals surface area contributed by atoms with Crippen LogP contribution in [0.15, 0.2) is 29.6 Å². The normalized spacial score (nSPS) is 18.8. The molecule has 0 saturated heterocycles. The van der Waals surface area contributed by atoms with Crippen LogP contribution in [0.5, 0.6) is 0 Å². The van der Waals surface area contributed by atoms with Gasteiger partial charge in [-0.05, 0) is 52.7 Å². The van der Waals surface area contributed by atoms with Crippen LogP contribution >= 0.6 is 0 Å². The van der Waals surface area contributed by atoms with Crippen molar-refractivity contribution < 1.29 is 0 Å². The van der Waals surface area contributed by atoms with Crippen LogP contribution in [-0.4, -0.2) is 17.6 Å². The first kappa shape index (κ1) is 13.0. The average molecular weight is 244 g/mol. The smallest absolute Gasteiger partial charge is 0.111 e. The minimum Gasteiger partial charge on any atom is -0.354 e. The second kappa shape index (κ2) is 4.04. The monoisotopic (exact) mass is 244 g/mol. The highest BCUT2D eigenvalue weighted by Crippen LogP contribution is 2.42. The van der Waals surface area contributed by atoms with Crippen LogP contribution in [-0.2, 0) is 0 Å². The molecule has 2 nitrogen and oxygen atoms in total. The molecule has 1 aromatic rings. The predicted molar refractivity (Wildman–Crippen MR) is 78.6 cm³/mol. The van der Waals surface area contributed by atoms with Crippen LogP contribution in [0.4, 0.5) is 5.69 Å². The molecular weight excluding hydrogens is 220 g/mol. The lowest BCUT2D eigenvalue weighted by Crippen LogP contribution is -2.48. The first-order valence-corrected chi connectivity index (χ1v) is 6.56. The maximum Gasteiger partial charge on any atom is 0.111 e. The number of aryl methyl sites for hydroxylation is 2. The summed E-state index contributed by atoms with van der Waals surface area (Å²) in [5, 5.41) is 0. The van der Waals surface area contributed by atoms with Crippen molar-refractivity contribution in [3.8, 4) is 0 Å². The van der Waals surface area contributed by atoms with E-state index in [9.17, 15) is 0 Å². The highest BCUT2D eigenvalue weighted by molar-refractivity contribution is 5.65. The largest absolute Gasteiger partial charge is 0.354 e. The SMILES string of the molecule is CC1=C(C)N(c2c(C)cccc2C)C(C)(C)N1C. The summed E-state index contributed by atoms with van der Waals surface area (Å²) in [5.41, 5.74) is 6.72. The Morgan fingerprint density at radius 2 is 1.39 bits per heavy atom. The molecule has 0 amide bonds. The van der Waals surface area contributed by atoms with E-state index in [1.165, 1.54) is 28.2 Å². The van der Waals surface area contributed by atoms with Gasteiger partial charge in [-0.25, -0.2) is 0 Å². The summed E-state index contributed by atoms with van der Waals surface area (Å²) < 4.78 is 0. The Kier molecular flexibility index (Phi) is 2.92. The van der Waals surface area contributed by atoms with Gasteiger partial charge in [0.2, 0.25) is 0 Å². The van der Waals surface area contributed by atoms with Gasteiger partial charge < -0.3 is 9.80 Å². The number of para-hydroxylation sites is 1. The van der Waals surface area contributed by atoms with Crippen molar-refractivity contribution in [1.29, 1.82) is 0 Å². The molecule has 0 bridgehead atoms. The van der Waals surface area contributed by atoms with E-state index < -0.39 is 0 Å². The third-order valence-corrected chi connectivity index (χ3v) is 4.39. The standard InChI is InChI=1S/C16H24N2/c1-11-9-8-10-12(2)15(11)18-14(4)13(3)17(7)16(18,5)6/h8-10H,1-7H3. The van der Waals surface area contributed by atoms with Crippen molar-refractivity contribution in [2.45, 2.75) is 47.2 Å². The number of allylic oxidation sites excluding steroid dienone is 2. The summed E-state index contributed by atoms with van der Waals surface area (Å²) in [6.45, 7) is 13.4. The van der Waals surface area contributed by atoms with Crippen LogP contribution in [0.25, 0.3) is 0 Å². The molecule has 0 spiro atoms. The van der Waals surface area contributed by atoms with Crippen LogP contribution < -0.4 is 4.90 Å². The zero-order valence-corrected chi connectivity index (χ0v) is 12.6. The fourth-order valence-electron chi connectivity index (χ4n) is 2.98. The summed E-state index contributed by atoms with van der Waals surface area (Å²) >= 11 is 0. The Morgan fingerprint density at radius 3 is 1.78 bits per heavy atom. The molecule has 0 N–H and O–H groups in total. The van der Waals surface area contributed by atoms with Crippen LogP contribution in [0.1, 0.15) is 38.8 Å². The third-order valence-electron chi connectivity index (χ3n) is 4.39. The van der Waals surface area contributed by atoms with Crippen molar-refractivity contribution >= 4 is 5.69 Å². The summed E-state index contributed by atoms with van der Waals surface area (Å²) in [5.74, 6) is 0. The van der Waals surface area contributed by atoms with E-state index in [-0.39, 0.29) is 5.66 Å². The molecular formula is C16H24N2. The molecule has 0 fully saturated rings. The van der Waals surface area contributed by atoms with Gasteiger partial charge in [0.1, 0.15) is 5.66 Å². The Morgan fingerprint density at radius 1 is 0.889 bits per heavy atom. The lowest BCUT2D eigenvalue weighted by molar-refractivity contribution is 0.235. The van der Waals surface area contributed by atoms with E-state index >= 15 is 0 Å². The number of hydrogen-bond acceptors (Lipinski definition) is 2. The Bertz CT molecular complexity index is 492. The zero-order valence-electron chi connectivity index (χ0n) is 12.6. The maximum absolute atomic E-state index is 2.47. The van der Waals surface area contributed by atoms with Crippen LogP contribution in [0.2, 0.25) is 0 Å². The molecule has 0 radical (unpaired) electrons. The van der Waals surface area contributed by atoms with Gasteiger partial charge in [-0.1, -0.05) is 18.2 Å². The predicted octanol–water partition coefficient (Wildman–Crippen LogP) is 4.04. The van der Waals surface area contributed by atoms with Crippen molar-refractivity contribution in [2.24, 2.45) is 0 Å². The fraction of sp³-hybridized carbons (Fsp3) is 0.500. The van der Waals surface area contributed by atoms with E-state index in [0.717, 1.165) is 0 Å². The van der Waals surface area contributed by atoms with Crippen molar-refractivity contribution in [1.82, 2.24) is 4.90 Å². The zero-order chi connectivity index (χ0) is 13.7. The molecule has 0 saturated carbocycles. The van der Waals surface area contributed by atoms with Gasteiger partial charge in [-0.15, -0.1) is 0 Å². The molecule has 1 aromatic carbocycles. The van der Waals surface area contributed by atoms with E-state index in [1.54, 1.807) is 0 Å². The van der Waals surface area contributed by atoms with Gasteiger partial charge in [-0.2, -0.15) is 0 Å². The second-order valence-electron chi connectivity index (χ2n) is 5.80. The summed E-state index contributed by atoms with van der Waals surface area (Å²) in [6, 6.07) is 6.52. The van der Waals surface area contributed by atoms with Gasteiger partial charge in [-0.3, -0.25) is 0 Å². The minimum absolute atomic E-state index is 0.00889. The van der Waals surface area contributed by atoms with Gasteiger partial charge in [0, 0.05) is 24.1 Å². The molecule has 1 heterocycles. The van der Waals surface area contributed by atoms with E-state index in [1.807, 2.05) is 0 Å². The number of rotatable bonds is 1. The second-order valence-corrected chi connectivity index (χ2v) is 5.80. The van der Waals surface area contributed by atoms with Crippen LogP contribution in [0.3, 0.4) is 0 Å². The molecule has 0 aromatic heterocycles. The summed E-state index contributed by atoms with van der Waals surface area (Å²) in [6.07, 6.45) is 0. The first-order chi connectivity index (χ1) is 8.28. The molecule has 98 valence electrons. The molecule has 18 heavy (non-hydrogen) atoms. The van der Waals surface area contributed by atoms with Crippen molar-refractivity contribution in [3.63, 3.8) is 0 Å². The van der Waals surface area contributed by atoms with Gasteiger partial charge in [0.05, 0.1) is 0 Å². The third kappa shape index (κ3) is 1.63. The first-order valence-electron chi connectivity index (χ1n) is 6.56. The molecule has 2 heteroatoms. The molecule has 1 aliphatic heterocycles. The summed E-state index contributed by atoms with van der Waals surface area (Å²) in [4.78, 5) is 4.82. The highest BCUT2D eigenvalue weighted by atomic mass is 15.4. The molecule has 0 aliphatic carbocycles. The van der Waals surface area contributed by atoms with Crippen molar-refractivity contribution in [2.75, 3.05) is 11.9 Å². The Hall–Kier alpha value is -1.44. The van der Waals surface area contributed by atoms with E-state index in [4.69, 9.17) is 0 Å². The van der Waals surface area contributed by atoms with Crippen molar-refractivity contribution in [3.05, 3.63) is 40.7 Å². The number of benzene rings is 1. The Balaban J connectivity index is 2.64. The summed E-state index contributed by atoms with van der Waals surface area (Å²) in [7, 11) is 2.17.